The van der Waals surface area contributed by atoms with E-state index in [1.165, 1.54) is 11.0 Å². The molecule has 0 saturated heterocycles. The van der Waals surface area contributed by atoms with Gasteiger partial charge < -0.3 is 10.6 Å². The molecule has 1 aliphatic rings. The lowest BCUT2D eigenvalue weighted by Gasteiger charge is -2.37. The Labute approximate surface area is 154 Å². The zero-order valence-corrected chi connectivity index (χ0v) is 15.1. The number of hydrogen-bond acceptors (Lipinski definition) is 4. The molecule has 144 valence electrons. The summed E-state index contributed by atoms with van der Waals surface area (Å²) in [5.41, 5.74) is 1.87. The summed E-state index contributed by atoms with van der Waals surface area (Å²) in [5.74, 6) is -0.472. The van der Waals surface area contributed by atoms with Crippen molar-refractivity contribution in [1.82, 2.24) is 0 Å². The number of benzene rings is 2. The molecule has 0 fully saturated rings. The molecule has 0 bridgehead atoms. The lowest BCUT2D eigenvalue weighted by molar-refractivity contribution is -0.120. The Morgan fingerprint density at radius 3 is 2.37 bits per heavy atom. The van der Waals surface area contributed by atoms with E-state index in [1.54, 1.807) is 37.3 Å². The number of hydrogen-bond donors (Lipinski definition) is 1. The number of anilines is 1. The molecular weight excluding hydrogens is 381 g/mol. The van der Waals surface area contributed by atoms with Crippen molar-refractivity contribution in [3.63, 3.8) is 0 Å². The first kappa shape index (κ1) is 19.4. The van der Waals surface area contributed by atoms with Crippen LogP contribution in [0.3, 0.4) is 0 Å². The SMILES string of the molecule is C[C@@H](c1ccccc1)N1C(=O)[C@H](N)Cc2ccc(S(=O)(=O)C(F)(F)F)cc21. The summed E-state index contributed by atoms with van der Waals surface area (Å²) >= 11 is 0. The fourth-order valence-corrected chi connectivity index (χ4v) is 3.92. The Morgan fingerprint density at radius 2 is 1.78 bits per heavy atom. The minimum Gasteiger partial charge on any atom is -0.320 e. The second kappa shape index (κ2) is 6.65. The quantitative estimate of drug-likeness (QED) is 0.862. The molecule has 9 heteroatoms. The maximum Gasteiger partial charge on any atom is 0.501 e. The van der Waals surface area contributed by atoms with Crippen LogP contribution in [0.25, 0.3) is 0 Å². The van der Waals surface area contributed by atoms with Gasteiger partial charge >= 0.3 is 5.51 Å². The predicted octanol–water partition coefficient (Wildman–Crippen LogP) is 2.96. The van der Waals surface area contributed by atoms with Gasteiger partial charge in [-0.3, -0.25) is 4.79 Å². The number of halogens is 3. The smallest absolute Gasteiger partial charge is 0.320 e. The number of sulfone groups is 1. The molecule has 5 nitrogen and oxygen atoms in total. The van der Waals surface area contributed by atoms with Gasteiger partial charge in [0.25, 0.3) is 9.84 Å². The Balaban J connectivity index is 2.15. The summed E-state index contributed by atoms with van der Waals surface area (Å²) in [4.78, 5) is 13.1. The van der Waals surface area contributed by atoms with Crippen molar-refractivity contribution in [2.45, 2.75) is 35.8 Å². The molecule has 0 saturated carbocycles. The van der Waals surface area contributed by atoms with Crippen molar-refractivity contribution < 1.29 is 26.4 Å². The van der Waals surface area contributed by atoms with E-state index in [0.717, 1.165) is 17.7 Å². The number of rotatable bonds is 3. The highest BCUT2D eigenvalue weighted by Crippen LogP contribution is 2.38. The number of alkyl halides is 3. The minimum atomic E-state index is -5.52. The molecule has 3 rings (SSSR count). The highest BCUT2D eigenvalue weighted by Gasteiger charge is 2.47. The van der Waals surface area contributed by atoms with E-state index in [0.29, 0.717) is 5.56 Å². The van der Waals surface area contributed by atoms with Gasteiger partial charge in [-0.2, -0.15) is 13.2 Å². The van der Waals surface area contributed by atoms with E-state index in [1.807, 2.05) is 0 Å². The summed E-state index contributed by atoms with van der Waals surface area (Å²) in [6.07, 6.45) is 0.124. The first-order valence-electron chi connectivity index (χ1n) is 8.12. The average Bonchev–Trinajstić information content (AvgIpc) is 2.61. The van der Waals surface area contributed by atoms with Crippen molar-refractivity contribution in [2.24, 2.45) is 5.73 Å². The van der Waals surface area contributed by atoms with E-state index in [-0.39, 0.29) is 12.1 Å². The summed E-state index contributed by atoms with van der Waals surface area (Å²) in [6, 6.07) is 10.6. The van der Waals surface area contributed by atoms with Gasteiger partial charge in [0, 0.05) is 5.69 Å². The van der Waals surface area contributed by atoms with Crippen molar-refractivity contribution in [3.8, 4) is 0 Å². The van der Waals surface area contributed by atoms with Crippen LogP contribution in [0.1, 0.15) is 24.1 Å². The number of carbonyl (C=O) groups excluding carboxylic acids is 1. The van der Waals surface area contributed by atoms with Gasteiger partial charge in [0.15, 0.2) is 0 Å². The van der Waals surface area contributed by atoms with Crippen LogP contribution in [-0.4, -0.2) is 25.9 Å². The molecule has 27 heavy (non-hydrogen) atoms. The fraction of sp³-hybridized carbons (Fsp3) is 0.278. The van der Waals surface area contributed by atoms with Gasteiger partial charge in [-0.15, -0.1) is 0 Å². The lowest BCUT2D eigenvalue weighted by Crippen LogP contribution is -2.49. The largest absolute Gasteiger partial charge is 0.501 e. The topological polar surface area (TPSA) is 80.5 Å². The van der Waals surface area contributed by atoms with Gasteiger partial charge in [0.1, 0.15) is 0 Å². The molecular formula is C18H17F3N2O3S. The summed E-state index contributed by atoms with van der Waals surface area (Å²) in [5, 5.41) is 0. The van der Waals surface area contributed by atoms with Crippen LogP contribution in [0, 0.1) is 0 Å². The Morgan fingerprint density at radius 1 is 1.15 bits per heavy atom. The second-order valence-electron chi connectivity index (χ2n) is 6.35. The first-order chi connectivity index (χ1) is 12.5. The van der Waals surface area contributed by atoms with Gasteiger partial charge in [-0.25, -0.2) is 8.42 Å². The fourth-order valence-electron chi connectivity index (χ4n) is 3.14. The van der Waals surface area contributed by atoms with Crippen LogP contribution < -0.4 is 10.6 Å². The molecule has 2 aromatic rings. The highest BCUT2D eigenvalue weighted by atomic mass is 32.2. The van der Waals surface area contributed by atoms with Crippen molar-refractivity contribution in [2.75, 3.05) is 4.90 Å². The summed E-state index contributed by atoms with van der Waals surface area (Å²) in [6.45, 7) is 1.71. The van der Waals surface area contributed by atoms with Crippen LogP contribution >= 0.6 is 0 Å². The second-order valence-corrected chi connectivity index (χ2v) is 8.29. The lowest BCUT2D eigenvalue weighted by atomic mass is 9.94. The molecule has 0 spiro atoms. The van der Waals surface area contributed by atoms with Gasteiger partial charge in [-0.1, -0.05) is 36.4 Å². The molecule has 2 N–H and O–H groups in total. The van der Waals surface area contributed by atoms with E-state index < -0.39 is 38.2 Å². The standard InChI is InChI=1S/C18H17F3N2O3S/c1-11(12-5-3-2-4-6-12)23-16-10-14(27(25,26)18(19,20)21)8-7-13(16)9-15(22)17(23)24/h2-8,10-11,15H,9,22H2,1H3/t11-,15+/m0/s1. The molecule has 1 heterocycles. The normalized spacial score (nSPS) is 18.9. The molecule has 2 aromatic carbocycles. The molecule has 0 radical (unpaired) electrons. The third-order valence-corrected chi connectivity index (χ3v) is 6.08. The van der Waals surface area contributed by atoms with Crippen LogP contribution in [-0.2, 0) is 21.1 Å². The predicted molar refractivity (Wildman–Crippen MR) is 93.7 cm³/mol. The Bertz CT molecular complexity index is 975. The molecule has 1 amide bonds. The van der Waals surface area contributed by atoms with Gasteiger partial charge in [0.05, 0.1) is 17.0 Å². The molecule has 0 aromatic heterocycles. The molecule has 0 unspecified atom stereocenters. The van der Waals surface area contributed by atoms with E-state index in [4.69, 9.17) is 5.73 Å². The third kappa shape index (κ3) is 3.32. The Hall–Kier alpha value is -2.39. The van der Waals surface area contributed by atoms with E-state index >= 15 is 0 Å². The number of nitrogens with two attached hydrogens (primary N) is 1. The number of amides is 1. The maximum absolute atomic E-state index is 12.9. The number of fused-ring (bicyclic) bond motifs is 1. The van der Waals surface area contributed by atoms with Crippen LogP contribution in [0.4, 0.5) is 18.9 Å². The third-order valence-electron chi connectivity index (χ3n) is 4.60. The van der Waals surface area contributed by atoms with Gasteiger partial charge in [0.2, 0.25) is 5.91 Å². The average molecular weight is 398 g/mol. The monoisotopic (exact) mass is 398 g/mol. The number of carbonyl (C=O) groups is 1. The van der Waals surface area contributed by atoms with E-state index in [2.05, 4.69) is 0 Å². The first-order valence-corrected chi connectivity index (χ1v) is 9.60. The van der Waals surface area contributed by atoms with Crippen molar-refractivity contribution in [1.29, 1.82) is 0 Å². The maximum atomic E-state index is 12.9. The number of nitrogens with zero attached hydrogens (tertiary/aromatic N) is 1. The molecule has 2 atom stereocenters. The molecule has 0 aliphatic carbocycles. The zero-order chi connectivity index (χ0) is 20.0. The summed E-state index contributed by atoms with van der Waals surface area (Å²) in [7, 11) is -5.52. The minimum absolute atomic E-state index is 0.124. The van der Waals surface area contributed by atoms with Crippen LogP contribution in [0.15, 0.2) is 53.4 Å². The molecule has 1 aliphatic heterocycles. The summed E-state index contributed by atoms with van der Waals surface area (Å²) < 4.78 is 62.3. The van der Waals surface area contributed by atoms with E-state index in [9.17, 15) is 26.4 Å². The highest BCUT2D eigenvalue weighted by molar-refractivity contribution is 7.92. The van der Waals surface area contributed by atoms with Crippen LogP contribution in [0.5, 0.6) is 0 Å². The zero-order valence-electron chi connectivity index (χ0n) is 14.3. The van der Waals surface area contributed by atoms with Crippen molar-refractivity contribution in [3.05, 3.63) is 59.7 Å². The Kier molecular flexibility index (Phi) is 4.77. The van der Waals surface area contributed by atoms with Gasteiger partial charge in [-0.05, 0) is 36.6 Å². The van der Waals surface area contributed by atoms with Crippen molar-refractivity contribution >= 4 is 21.4 Å². The van der Waals surface area contributed by atoms with Crippen LogP contribution in [0.2, 0.25) is 0 Å².